The zero-order valence-electron chi connectivity index (χ0n) is 16.2. The number of nitrogens with zero attached hydrogens (tertiary/aromatic N) is 2. The second-order valence-electron chi connectivity index (χ2n) is 7.24. The lowest BCUT2D eigenvalue weighted by Gasteiger charge is -2.25. The zero-order valence-corrected chi connectivity index (χ0v) is 16.2. The van der Waals surface area contributed by atoms with E-state index < -0.39 is 0 Å². The molecule has 136 valence electrons. The molecule has 0 spiro atoms. The van der Waals surface area contributed by atoms with E-state index in [0.717, 1.165) is 19.5 Å². The van der Waals surface area contributed by atoms with Gasteiger partial charge in [0, 0.05) is 30.9 Å². The number of hydrogen-bond acceptors (Lipinski definition) is 1. The second-order valence-corrected chi connectivity index (χ2v) is 7.24. The van der Waals surface area contributed by atoms with Crippen molar-refractivity contribution >= 4 is 5.91 Å². The fraction of sp³-hybridized carbons (Fsp3) is 0.500. The molecule has 0 saturated heterocycles. The van der Waals surface area contributed by atoms with Gasteiger partial charge in [-0.2, -0.15) is 0 Å². The van der Waals surface area contributed by atoms with Crippen molar-refractivity contribution in [2.75, 3.05) is 6.54 Å². The lowest BCUT2D eigenvalue weighted by atomic mass is 10.1. The van der Waals surface area contributed by atoms with E-state index in [9.17, 15) is 4.79 Å². The molecule has 1 aromatic heterocycles. The van der Waals surface area contributed by atoms with Crippen LogP contribution in [0.3, 0.4) is 0 Å². The fourth-order valence-corrected chi connectivity index (χ4v) is 3.13. The average molecular weight is 341 g/mol. The number of rotatable bonds is 9. The summed E-state index contributed by atoms with van der Waals surface area (Å²) in [6, 6.07) is 12.8. The first-order chi connectivity index (χ1) is 12.0. The molecule has 0 N–H and O–H groups in total. The summed E-state index contributed by atoms with van der Waals surface area (Å²) in [4.78, 5) is 14.6. The molecule has 0 aliphatic heterocycles. The van der Waals surface area contributed by atoms with Gasteiger partial charge in [-0.25, -0.2) is 0 Å². The molecule has 1 heterocycles. The molecular formula is C22H32N2O. The highest BCUT2D eigenvalue weighted by Gasteiger charge is 2.18. The minimum Gasteiger partial charge on any atom is -0.345 e. The van der Waals surface area contributed by atoms with E-state index >= 15 is 0 Å². The summed E-state index contributed by atoms with van der Waals surface area (Å²) in [6.45, 7) is 10.7. The minimum atomic E-state index is 0.0433. The summed E-state index contributed by atoms with van der Waals surface area (Å²) in [7, 11) is 0. The van der Waals surface area contributed by atoms with Gasteiger partial charge in [0.15, 0.2) is 0 Å². The largest absolute Gasteiger partial charge is 0.345 e. The quantitative estimate of drug-likeness (QED) is 0.588. The Balaban J connectivity index is 2.11. The molecule has 3 heteroatoms. The van der Waals surface area contributed by atoms with Gasteiger partial charge in [-0.3, -0.25) is 4.79 Å². The van der Waals surface area contributed by atoms with Crippen molar-refractivity contribution in [2.45, 2.75) is 60.0 Å². The number of aryl methyl sites for hydroxylation is 1. The van der Waals surface area contributed by atoms with E-state index in [1.54, 1.807) is 0 Å². The summed E-state index contributed by atoms with van der Waals surface area (Å²) in [5.74, 6) is 0.293. The fourth-order valence-electron chi connectivity index (χ4n) is 3.13. The Morgan fingerprint density at radius 3 is 2.64 bits per heavy atom. The van der Waals surface area contributed by atoms with E-state index in [-0.39, 0.29) is 11.8 Å². The summed E-state index contributed by atoms with van der Waals surface area (Å²) in [5, 5.41) is 0. The predicted molar refractivity (Wildman–Crippen MR) is 104 cm³/mol. The van der Waals surface area contributed by atoms with Gasteiger partial charge < -0.3 is 9.47 Å². The maximum absolute atomic E-state index is 12.6. The molecule has 0 radical (unpaired) electrons. The Morgan fingerprint density at radius 1 is 1.16 bits per heavy atom. The summed E-state index contributed by atoms with van der Waals surface area (Å²) >= 11 is 0. The second kappa shape index (κ2) is 9.45. The molecule has 0 unspecified atom stereocenters. The topological polar surface area (TPSA) is 25.2 Å². The van der Waals surface area contributed by atoms with Crippen LogP contribution in [-0.2, 0) is 17.9 Å². The number of aromatic nitrogens is 1. The van der Waals surface area contributed by atoms with Crippen molar-refractivity contribution in [3.8, 4) is 0 Å². The summed E-state index contributed by atoms with van der Waals surface area (Å²) < 4.78 is 2.26. The Kier molecular flexibility index (Phi) is 7.30. The van der Waals surface area contributed by atoms with Crippen molar-refractivity contribution in [3.05, 3.63) is 59.4 Å². The zero-order chi connectivity index (χ0) is 18.2. The minimum absolute atomic E-state index is 0.0433. The summed E-state index contributed by atoms with van der Waals surface area (Å²) in [5.41, 5.74) is 3.78. The van der Waals surface area contributed by atoms with E-state index in [1.807, 2.05) is 18.7 Å². The van der Waals surface area contributed by atoms with Gasteiger partial charge in [0.1, 0.15) is 0 Å². The van der Waals surface area contributed by atoms with Crippen LogP contribution >= 0.6 is 0 Å². The van der Waals surface area contributed by atoms with Gasteiger partial charge in [-0.15, -0.1) is 0 Å². The van der Waals surface area contributed by atoms with Crippen molar-refractivity contribution in [3.63, 3.8) is 0 Å². The van der Waals surface area contributed by atoms with Gasteiger partial charge in [0.05, 0.1) is 6.54 Å². The molecular weight excluding hydrogens is 308 g/mol. The first-order valence-corrected chi connectivity index (χ1v) is 9.49. The van der Waals surface area contributed by atoms with Crippen LogP contribution in [0, 0.1) is 12.8 Å². The van der Waals surface area contributed by atoms with Gasteiger partial charge >= 0.3 is 0 Å². The van der Waals surface area contributed by atoms with E-state index in [4.69, 9.17) is 0 Å². The number of amides is 1. The molecule has 0 aliphatic carbocycles. The van der Waals surface area contributed by atoms with Crippen LogP contribution in [0.2, 0.25) is 0 Å². The lowest BCUT2D eigenvalue weighted by Crippen LogP contribution is -2.35. The van der Waals surface area contributed by atoms with E-state index in [1.165, 1.54) is 29.7 Å². The van der Waals surface area contributed by atoms with E-state index in [2.05, 4.69) is 61.0 Å². The highest BCUT2D eigenvalue weighted by atomic mass is 16.2. The average Bonchev–Trinajstić information content (AvgIpc) is 3.00. The number of benzene rings is 1. The molecule has 0 bridgehead atoms. The molecule has 0 atom stereocenters. The Morgan fingerprint density at radius 2 is 1.96 bits per heavy atom. The molecule has 2 rings (SSSR count). The molecule has 3 nitrogen and oxygen atoms in total. The Bertz CT molecular complexity index is 672. The van der Waals surface area contributed by atoms with Crippen LogP contribution in [0.25, 0.3) is 0 Å². The number of carbonyl (C=O) groups is 1. The summed E-state index contributed by atoms with van der Waals surface area (Å²) in [6.07, 6.45) is 5.54. The predicted octanol–water partition coefficient (Wildman–Crippen LogP) is 5.02. The molecule has 0 fully saturated rings. The normalized spacial score (nSPS) is 11.1. The van der Waals surface area contributed by atoms with Gasteiger partial charge in [-0.1, -0.05) is 63.4 Å². The number of carbonyl (C=O) groups excluding carboxylic acids is 1. The van der Waals surface area contributed by atoms with Crippen molar-refractivity contribution < 1.29 is 4.79 Å². The smallest absolute Gasteiger partial charge is 0.225 e. The number of unbranched alkanes of at least 4 members (excludes halogenated alkanes) is 2. The van der Waals surface area contributed by atoms with Crippen LogP contribution in [0.4, 0.5) is 0 Å². The molecule has 0 aliphatic rings. The van der Waals surface area contributed by atoms with Crippen molar-refractivity contribution in [1.82, 2.24) is 9.47 Å². The van der Waals surface area contributed by atoms with Crippen LogP contribution < -0.4 is 0 Å². The third kappa shape index (κ3) is 5.77. The standard InChI is InChI=1S/C22H32N2O/c1-5-6-7-13-24(22(25)18(2)3)17-21-12-9-14-23(21)16-20-11-8-10-19(4)15-20/h8-12,14-15,18H,5-7,13,16-17H2,1-4H3. The highest BCUT2D eigenvalue weighted by molar-refractivity contribution is 5.78. The third-order valence-electron chi connectivity index (χ3n) is 4.55. The maximum Gasteiger partial charge on any atom is 0.225 e. The maximum atomic E-state index is 12.6. The van der Waals surface area contributed by atoms with Gasteiger partial charge in [0.25, 0.3) is 0 Å². The Hall–Kier alpha value is -2.03. The SMILES string of the molecule is CCCCCN(Cc1cccn1Cc1cccc(C)c1)C(=O)C(C)C. The van der Waals surface area contributed by atoms with Gasteiger partial charge in [-0.05, 0) is 31.0 Å². The number of hydrogen-bond donors (Lipinski definition) is 0. The molecule has 1 aromatic carbocycles. The Labute approximate surface area is 152 Å². The monoisotopic (exact) mass is 340 g/mol. The third-order valence-corrected chi connectivity index (χ3v) is 4.55. The van der Waals surface area contributed by atoms with Crippen LogP contribution in [-0.4, -0.2) is 21.9 Å². The first-order valence-electron chi connectivity index (χ1n) is 9.49. The van der Waals surface area contributed by atoms with Crippen molar-refractivity contribution in [2.24, 2.45) is 5.92 Å². The van der Waals surface area contributed by atoms with E-state index in [0.29, 0.717) is 6.54 Å². The first kappa shape index (κ1) is 19.3. The highest BCUT2D eigenvalue weighted by Crippen LogP contribution is 2.14. The van der Waals surface area contributed by atoms with Gasteiger partial charge in [0.2, 0.25) is 5.91 Å². The van der Waals surface area contributed by atoms with Crippen LogP contribution in [0.15, 0.2) is 42.6 Å². The molecule has 1 amide bonds. The molecule has 2 aromatic rings. The van der Waals surface area contributed by atoms with Crippen molar-refractivity contribution in [1.29, 1.82) is 0 Å². The van der Waals surface area contributed by atoms with Crippen LogP contribution in [0.5, 0.6) is 0 Å². The molecule has 25 heavy (non-hydrogen) atoms. The van der Waals surface area contributed by atoms with Crippen LogP contribution in [0.1, 0.15) is 56.9 Å². The molecule has 0 saturated carbocycles. The lowest BCUT2D eigenvalue weighted by molar-refractivity contribution is -0.135.